The van der Waals surface area contributed by atoms with Gasteiger partial charge in [0.05, 0.1) is 6.54 Å². The van der Waals surface area contributed by atoms with Crippen LogP contribution in [0.25, 0.3) is 0 Å². The molecule has 0 saturated carbocycles. The average molecular weight is 409 g/mol. The highest BCUT2D eigenvalue weighted by Gasteiger charge is 2.05. The van der Waals surface area contributed by atoms with Gasteiger partial charge in [-0.3, -0.25) is 9.79 Å². The monoisotopic (exact) mass is 408 g/mol. The van der Waals surface area contributed by atoms with Gasteiger partial charge in [0.25, 0.3) is 5.91 Å². The van der Waals surface area contributed by atoms with E-state index in [1.165, 1.54) is 10.4 Å². The van der Waals surface area contributed by atoms with Crippen LogP contribution in [0.15, 0.2) is 45.2 Å². The first-order valence-corrected chi connectivity index (χ1v) is 9.28. The molecule has 0 unspecified atom stereocenters. The number of guanidine groups is 1. The van der Waals surface area contributed by atoms with Crippen LogP contribution in [0, 0.1) is 6.92 Å². The molecule has 1 amide bonds. The molecule has 1 aromatic carbocycles. The van der Waals surface area contributed by atoms with Crippen molar-refractivity contribution in [3.63, 3.8) is 0 Å². The SMILES string of the molecule is CN=C(NCCNC(=O)c1cccc(Br)c1)NCc1sccc1C. The van der Waals surface area contributed by atoms with Crippen molar-refractivity contribution in [1.29, 1.82) is 0 Å². The molecule has 0 saturated heterocycles. The number of benzene rings is 1. The third-order valence-electron chi connectivity index (χ3n) is 3.40. The van der Waals surface area contributed by atoms with Crippen LogP contribution in [0.4, 0.5) is 0 Å². The Kier molecular flexibility index (Phi) is 7.27. The Bertz CT molecular complexity index is 714. The second kappa shape index (κ2) is 9.44. The number of aliphatic imine (C=N–C) groups is 1. The highest BCUT2D eigenvalue weighted by atomic mass is 79.9. The first-order valence-electron chi connectivity index (χ1n) is 7.61. The summed E-state index contributed by atoms with van der Waals surface area (Å²) in [5.41, 5.74) is 1.92. The van der Waals surface area contributed by atoms with E-state index in [4.69, 9.17) is 0 Å². The van der Waals surface area contributed by atoms with Crippen LogP contribution in [-0.2, 0) is 6.54 Å². The van der Waals surface area contributed by atoms with E-state index in [2.05, 4.69) is 55.2 Å². The molecule has 0 aliphatic heterocycles. The van der Waals surface area contributed by atoms with E-state index in [-0.39, 0.29) is 5.91 Å². The maximum absolute atomic E-state index is 12.0. The fourth-order valence-electron chi connectivity index (χ4n) is 2.06. The van der Waals surface area contributed by atoms with E-state index in [9.17, 15) is 4.79 Å². The lowest BCUT2D eigenvalue weighted by atomic mass is 10.2. The zero-order valence-corrected chi connectivity index (χ0v) is 16.1. The number of hydrogen-bond acceptors (Lipinski definition) is 3. The predicted octanol–water partition coefficient (Wildman–Crippen LogP) is 2.91. The van der Waals surface area contributed by atoms with Gasteiger partial charge in [0.2, 0.25) is 0 Å². The maximum atomic E-state index is 12.0. The van der Waals surface area contributed by atoms with Crippen molar-refractivity contribution < 1.29 is 4.79 Å². The van der Waals surface area contributed by atoms with Crippen molar-refractivity contribution >= 4 is 39.1 Å². The first kappa shape index (κ1) is 18.5. The molecule has 2 rings (SSSR count). The molecule has 1 heterocycles. The van der Waals surface area contributed by atoms with E-state index in [0.29, 0.717) is 18.7 Å². The molecule has 0 aliphatic rings. The smallest absolute Gasteiger partial charge is 0.251 e. The Morgan fingerprint density at radius 2 is 2.00 bits per heavy atom. The van der Waals surface area contributed by atoms with Crippen LogP contribution < -0.4 is 16.0 Å². The predicted molar refractivity (Wildman–Crippen MR) is 104 cm³/mol. The lowest BCUT2D eigenvalue weighted by Crippen LogP contribution is -2.41. The zero-order chi connectivity index (χ0) is 17.4. The topological polar surface area (TPSA) is 65.5 Å². The Balaban J connectivity index is 1.70. The number of rotatable bonds is 6. The number of amides is 1. The van der Waals surface area contributed by atoms with Gasteiger partial charge in [-0.25, -0.2) is 0 Å². The third kappa shape index (κ3) is 5.65. The van der Waals surface area contributed by atoms with E-state index in [1.54, 1.807) is 30.5 Å². The molecule has 128 valence electrons. The van der Waals surface area contributed by atoms with Crippen LogP contribution in [0.1, 0.15) is 20.8 Å². The van der Waals surface area contributed by atoms with Crippen LogP contribution in [0.2, 0.25) is 0 Å². The highest BCUT2D eigenvalue weighted by molar-refractivity contribution is 9.10. The van der Waals surface area contributed by atoms with Crippen molar-refractivity contribution in [1.82, 2.24) is 16.0 Å². The van der Waals surface area contributed by atoms with Gasteiger partial charge >= 0.3 is 0 Å². The minimum atomic E-state index is -0.0877. The summed E-state index contributed by atoms with van der Waals surface area (Å²) in [6.07, 6.45) is 0. The Morgan fingerprint density at radius 1 is 1.21 bits per heavy atom. The van der Waals surface area contributed by atoms with Crippen molar-refractivity contribution in [2.45, 2.75) is 13.5 Å². The summed E-state index contributed by atoms with van der Waals surface area (Å²) in [6, 6.07) is 9.43. The Morgan fingerprint density at radius 3 is 2.67 bits per heavy atom. The van der Waals surface area contributed by atoms with Crippen LogP contribution in [0.3, 0.4) is 0 Å². The summed E-state index contributed by atoms with van der Waals surface area (Å²) in [6.45, 7) is 3.96. The minimum absolute atomic E-state index is 0.0877. The molecule has 0 fully saturated rings. The van der Waals surface area contributed by atoms with Gasteiger partial charge in [-0.1, -0.05) is 22.0 Å². The summed E-state index contributed by atoms with van der Waals surface area (Å²) in [4.78, 5) is 17.5. The normalized spacial score (nSPS) is 11.2. The zero-order valence-electron chi connectivity index (χ0n) is 13.7. The van der Waals surface area contributed by atoms with Gasteiger partial charge in [-0.2, -0.15) is 0 Å². The Labute approximate surface area is 154 Å². The minimum Gasteiger partial charge on any atom is -0.355 e. The van der Waals surface area contributed by atoms with Crippen molar-refractivity contribution in [2.24, 2.45) is 4.99 Å². The number of hydrogen-bond donors (Lipinski definition) is 3. The van der Waals surface area contributed by atoms with Gasteiger partial charge < -0.3 is 16.0 Å². The quantitative estimate of drug-likeness (QED) is 0.391. The molecule has 0 bridgehead atoms. The number of thiophene rings is 1. The number of carbonyl (C=O) groups is 1. The third-order valence-corrected chi connectivity index (χ3v) is 4.91. The highest BCUT2D eigenvalue weighted by Crippen LogP contribution is 2.14. The van der Waals surface area contributed by atoms with E-state index < -0.39 is 0 Å². The molecule has 0 spiro atoms. The van der Waals surface area contributed by atoms with Crippen molar-refractivity contribution in [2.75, 3.05) is 20.1 Å². The van der Waals surface area contributed by atoms with Gasteiger partial charge in [0.1, 0.15) is 0 Å². The molecule has 1 aromatic heterocycles. The van der Waals surface area contributed by atoms with Gasteiger partial charge in [-0.05, 0) is 42.1 Å². The van der Waals surface area contributed by atoms with E-state index in [0.717, 1.165) is 17.0 Å². The lowest BCUT2D eigenvalue weighted by molar-refractivity contribution is 0.0954. The van der Waals surface area contributed by atoms with Gasteiger partial charge in [-0.15, -0.1) is 11.3 Å². The first-order chi connectivity index (χ1) is 11.6. The van der Waals surface area contributed by atoms with E-state index in [1.807, 2.05) is 12.1 Å². The number of aryl methyl sites for hydroxylation is 1. The number of halogens is 1. The molecule has 5 nitrogen and oxygen atoms in total. The molecule has 2 aromatic rings. The standard InChI is InChI=1S/C17H21BrN4OS/c1-12-6-9-24-15(12)11-22-17(19-2)21-8-7-20-16(23)13-4-3-5-14(18)10-13/h3-6,9-10H,7-8,11H2,1-2H3,(H,20,23)(H2,19,21,22). The average Bonchev–Trinajstić information content (AvgIpc) is 2.99. The number of carbonyl (C=O) groups excluding carboxylic acids is 1. The van der Waals surface area contributed by atoms with Gasteiger partial charge in [0, 0.05) is 35.1 Å². The molecular weight excluding hydrogens is 388 g/mol. The summed E-state index contributed by atoms with van der Waals surface area (Å²) in [5, 5.41) is 11.4. The summed E-state index contributed by atoms with van der Waals surface area (Å²) >= 11 is 5.09. The molecule has 24 heavy (non-hydrogen) atoms. The molecule has 7 heteroatoms. The van der Waals surface area contributed by atoms with Crippen LogP contribution >= 0.6 is 27.3 Å². The Hall–Kier alpha value is -1.86. The number of nitrogens with zero attached hydrogens (tertiary/aromatic N) is 1. The fraction of sp³-hybridized carbons (Fsp3) is 0.294. The lowest BCUT2D eigenvalue weighted by Gasteiger charge is -2.12. The summed E-state index contributed by atoms with van der Waals surface area (Å²) < 4.78 is 0.891. The summed E-state index contributed by atoms with van der Waals surface area (Å²) in [7, 11) is 1.73. The van der Waals surface area contributed by atoms with Crippen molar-refractivity contribution in [3.05, 3.63) is 56.2 Å². The summed E-state index contributed by atoms with van der Waals surface area (Å²) in [5.74, 6) is 0.634. The second-order valence-electron chi connectivity index (χ2n) is 5.15. The number of nitrogens with one attached hydrogen (secondary N) is 3. The fourth-order valence-corrected chi connectivity index (χ4v) is 3.30. The van der Waals surface area contributed by atoms with Crippen molar-refractivity contribution in [3.8, 4) is 0 Å². The second-order valence-corrected chi connectivity index (χ2v) is 7.06. The molecule has 3 N–H and O–H groups in total. The molecular formula is C17H21BrN4OS. The maximum Gasteiger partial charge on any atom is 0.251 e. The van der Waals surface area contributed by atoms with E-state index >= 15 is 0 Å². The van der Waals surface area contributed by atoms with Crippen LogP contribution in [-0.4, -0.2) is 32.0 Å². The largest absolute Gasteiger partial charge is 0.355 e. The van der Waals surface area contributed by atoms with Gasteiger partial charge in [0.15, 0.2) is 5.96 Å². The van der Waals surface area contributed by atoms with Crippen LogP contribution in [0.5, 0.6) is 0 Å². The molecule has 0 radical (unpaired) electrons. The molecule has 0 aliphatic carbocycles. The molecule has 0 atom stereocenters.